The average molecular weight is 343 g/mol. The van der Waals surface area contributed by atoms with Crippen molar-refractivity contribution < 1.29 is 23.6 Å². The lowest BCUT2D eigenvalue weighted by molar-refractivity contribution is -0.123. The van der Waals surface area contributed by atoms with E-state index in [4.69, 9.17) is 9.26 Å². The molecule has 2 heterocycles. The Morgan fingerprint density at radius 3 is 2.80 bits per heavy atom. The standard InChI is InChI=1S/C17H17N3O5/c1-3-13(21)11-4-5-14-12(7-11)20(17(23)9-24-14)8-16(22)18-15-6-10(2)25-19-15/h4-7H,3,8-9H2,1-2H3,(H,18,19,22). The zero-order chi connectivity index (χ0) is 18.0. The first kappa shape index (κ1) is 16.7. The van der Waals surface area contributed by atoms with Crippen molar-refractivity contribution in [2.75, 3.05) is 23.4 Å². The molecule has 0 saturated carbocycles. The first-order valence-electron chi connectivity index (χ1n) is 7.81. The van der Waals surface area contributed by atoms with Gasteiger partial charge in [0.25, 0.3) is 5.91 Å². The van der Waals surface area contributed by atoms with E-state index < -0.39 is 5.91 Å². The number of carbonyl (C=O) groups is 3. The molecule has 0 bridgehead atoms. The van der Waals surface area contributed by atoms with Crippen molar-refractivity contribution in [3.8, 4) is 5.75 Å². The van der Waals surface area contributed by atoms with E-state index in [1.54, 1.807) is 38.1 Å². The zero-order valence-electron chi connectivity index (χ0n) is 13.9. The van der Waals surface area contributed by atoms with E-state index in [0.29, 0.717) is 29.2 Å². The summed E-state index contributed by atoms with van der Waals surface area (Å²) in [6.45, 7) is 3.08. The van der Waals surface area contributed by atoms with Gasteiger partial charge < -0.3 is 14.6 Å². The van der Waals surface area contributed by atoms with Crippen LogP contribution in [0.5, 0.6) is 5.75 Å². The molecule has 130 valence electrons. The number of fused-ring (bicyclic) bond motifs is 1. The topological polar surface area (TPSA) is 102 Å². The average Bonchev–Trinajstić information content (AvgIpc) is 3.01. The van der Waals surface area contributed by atoms with Gasteiger partial charge in [-0.2, -0.15) is 0 Å². The van der Waals surface area contributed by atoms with Crippen molar-refractivity contribution in [1.82, 2.24) is 5.16 Å². The maximum Gasteiger partial charge on any atom is 0.265 e. The number of hydrogen-bond donors (Lipinski definition) is 1. The smallest absolute Gasteiger partial charge is 0.265 e. The minimum absolute atomic E-state index is 0.0525. The number of aromatic nitrogens is 1. The monoisotopic (exact) mass is 343 g/mol. The van der Waals surface area contributed by atoms with Gasteiger partial charge in [-0.1, -0.05) is 12.1 Å². The highest BCUT2D eigenvalue weighted by Crippen LogP contribution is 2.33. The van der Waals surface area contributed by atoms with Gasteiger partial charge in [0.05, 0.1) is 5.69 Å². The predicted molar refractivity (Wildman–Crippen MR) is 88.8 cm³/mol. The van der Waals surface area contributed by atoms with Crippen LogP contribution in [-0.2, 0) is 9.59 Å². The van der Waals surface area contributed by atoms with Crippen LogP contribution in [0.25, 0.3) is 0 Å². The number of hydrogen-bond acceptors (Lipinski definition) is 6. The molecule has 1 aliphatic rings. The van der Waals surface area contributed by atoms with Gasteiger partial charge in [0.1, 0.15) is 18.1 Å². The van der Waals surface area contributed by atoms with E-state index in [1.807, 2.05) is 0 Å². The Labute approximate surface area is 143 Å². The molecule has 0 atom stereocenters. The molecule has 0 spiro atoms. The Bertz CT molecular complexity index is 843. The van der Waals surface area contributed by atoms with Gasteiger partial charge in [-0.15, -0.1) is 0 Å². The fraction of sp³-hybridized carbons (Fsp3) is 0.294. The van der Waals surface area contributed by atoms with Crippen LogP contribution in [0.15, 0.2) is 28.8 Å². The number of nitrogens with zero attached hydrogens (tertiary/aromatic N) is 2. The number of anilines is 2. The van der Waals surface area contributed by atoms with Crippen LogP contribution < -0.4 is 15.0 Å². The third-order valence-corrected chi connectivity index (χ3v) is 3.74. The number of benzene rings is 1. The SMILES string of the molecule is CCC(=O)c1ccc2c(c1)N(CC(=O)Nc1cc(C)on1)C(=O)CO2. The summed E-state index contributed by atoms with van der Waals surface area (Å²) in [5, 5.41) is 6.25. The summed E-state index contributed by atoms with van der Waals surface area (Å²) in [6, 6.07) is 6.43. The molecule has 2 aromatic rings. The predicted octanol–water partition coefficient (Wildman–Crippen LogP) is 1.94. The van der Waals surface area contributed by atoms with Crippen molar-refractivity contribution in [2.24, 2.45) is 0 Å². The molecule has 1 aromatic heterocycles. The molecule has 0 radical (unpaired) electrons. The van der Waals surface area contributed by atoms with Crippen LogP contribution in [0.1, 0.15) is 29.5 Å². The molecule has 0 saturated heterocycles. The van der Waals surface area contributed by atoms with Gasteiger partial charge in [0, 0.05) is 18.1 Å². The van der Waals surface area contributed by atoms with Crippen molar-refractivity contribution in [3.05, 3.63) is 35.6 Å². The lowest BCUT2D eigenvalue weighted by Gasteiger charge is -2.29. The van der Waals surface area contributed by atoms with Crippen LogP contribution in [0, 0.1) is 6.92 Å². The van der Waals surface area contributed by atoms with Gasteiger partial charge in [-0.3, -0.25) is 19.3 Å². The Hall–Kier alpha value is -3.16. The molecule has 8 heteroatoms. The second kappa shape index (κ2) is 6.76. The minimum atomic E-state index is -0.429. The van der Waals surface area contributed by atoms with Crippen LogP contribution in [0.3, 0.4) is 0 Å². The summed E-state index contributed by atoms with van der Waals surface area (Å²) in [5.41, 5.74) is 0.874. The van der Waals surface area contributed by atoms with Crippen molar-refractivity contribution in [2.45, 2.75) is 20.3 Å². The van der Waals surface area contributed by atoms with E-state index >= 15 is 0 Å². The summed E-state index contributed by atoms with van der Waals surface area (Å²) in [4.78, 5) is 37.6. The molecular formula is C17H17N3O5. The van der Waals surface area contributed by atoms with Gasteiger partial charge in [0.15, 0.2) is 18.2 Å². The highest BCUT2D eigenvalue weighted by molar-refractivity contribution is 6.06. The number of Topliss-reactive ketones (excluding diaryl/α,β-unsaturated/α-hetero) is 1. The molecule has 3 rings (SSSR count). The summed E-state index contributed by atoms with van der Waals surface area (Å²) in [5.74, 6) is 0.451. The number of amides is 2. The summed E-state index contributed by atoms with van der Waals surface area (Å²) >= 11 is 0. The molecule has 0 fully saturated rings. The Morgan fingerprint density at radius 1 is 1.32 bits per heavy atom. The number of aryl methyl sites for hydroxylation is 1. The number of carbonyl (C=O) groups excluding carboxylic acids is 3. The number of ketones is 1. The second-order valence-corrected chi connectivity index (χ2v) is 5.60. The van der Waals surface area contributed by atoms with Crippen molar-refractivity contribution >= 4 is 29.1 Å². The molecule has 8 nitrogen and oxygen atoms in total. The molecule has 2 amide bonds. The van der Waals surface area contributed by atoms with Gasteiger partial charge in [-0.25, -0.2) is 0 Å². The van der Waals surface area contributed by atoms with E-state index in [0.717, 1.165) is 0 Å². The third kappa shape index (κ3) is 3.52. The molecule has 0 unspecified atom stereocenters. The minimum Gasteiger partial charge on any atom is -0.482 e. The Morgan fingerprint density at radius 2 is 2.12 bits per heavy atom. The molecule has 25 heavy (non-hydrogen) atoms. The highest BCUT2D eigenvalue weighted by atomic mass is 16.5. The molecular weight excluding hydrogens is 326 g/mol. The quantitative estimate of drug-likeness (QED) is 0.833. The maximum atomic E-state index is 12.2. The van der Waals surface area contributed by atoms with Crippen molar-refractivity contribution in [3.63, 3.8) is 0 Å². The number of nitrogens with one attached hydrogen (secondary N) is 1. The normalized spacial score (nSPS) is 13.2. The van der Waals surface area contributed by atoms with Crippen LogP contribution >= 0.6 is 0 Å². The Kier molecular flexibility index (Phi) is 4.51. The number of ether oxygens (including phenoxy) is 1. The molecule has 1 aliphatic heterocycles. The van der Waals surface area contributed by atoms with Gasteiger partial charge in [-0.05, 0) is 25.1 Å². The van der Waals surface area contributed by atoms with Crippen LogP contribution in [0.4, 0.5) is 11.5 Å². The Balaban J connectivity index is 1.82. The van der Waals surface area contributed by atoms with E-state index in [-0.39, 0.29) is 30.7 Å². The van der Waals surface area contributed by atoms with E-state index in [1.165, 1.54) is 4.90 Å². The lowest BCUT2D eigenvalue weighted by atomic mass is 10.1. The van der Waals surface area contributed by atoms with Crippen molar-refractivity contribution in [1.29, 1.82) is 0 Å². The first-order chi connectivity index (χ1) is 12.0. The summed E-state index contributed by atoms with van der Waals surface area (Å²) < 4.78 is 10.3. The van der Waals surface area contributed by atoms with Crippen LogP contribution in [0.2, 0.25) is 0 Å². The maximum absolute atomic E-state index is 12.2. The number of rotatable bonds is 5. The van der Waals surface area contributed by atoms with E-state index in [9.17, 15) is 14.4 Å². The van der Waals surface area contributed by atoms with E-state index in [2.05, 4.69) is 10.5 Å². The van der Waals surface area contributed by atoms with Gasteiger partial charge in [0.2, 0.25) is 5.91 Å². The largest absolute Gasteiger partial charge is 0.482 e. The summed E-state index contributed by atoms with van der Waals surface area (Å²) in [7, 11) is 0. The van der Waals surface area contributed by atoms with Crippen LogP contribution in [-0.4, -0.2) is 35.9 Å². The highest BCUT2D eigenvalue weighted by Gasteiger charge is 2.28. The first-order valence-corrected chi connectivity index (χ1v) is 7.81. The second-order valence-electron chi connectivity index (χ2n) is 5.60. The molecule has 0 aliphatic carbocycles. The fourth-order valence-electron chi connectivity index (χ4n) is 2.50. The fourth-order valence-corrected chi connectivity index (χ4v) is 2.50. The summed E-state index contributed by atoms with van der Waals surface area (Å²) in [6.07, 6.45) is 0.347. The zero-order valence-corrected chi connectivity index (χ0v) is 13.9. The van der Waals surface area contributed by atoms with Gasteiger partial charge >= 0.3 is 0 Å². The lowest BCUT2D eigenvalue weighted by Crippen LogP contribution is -2.43. The third-order valence-electron chi connectivity index (χ3n) is 3.74. The molecule has 1 aromatic carbocycles. The molecule has 1 N–H and O–H groups in total.